The Morgan fingerprint density at radius 3 is 3.10 bits per heavy atom. The first-order chi connectivity index (χ1) is 10.2. The van der Waals surface area contributed by atoms with Crippen LogP contribution in [0.2, 0.25) is 0 Å². The maximum absolute atomic E-state index is 12.2. The van der Waals surface area contributed by atoms with E-state index < -0.39 is 0 Å². The highest BCUT2D eigenvalue weighted by atomic mass is 16.1. The Bertz CT molecular complexity index is 529. The quantitative estimate of drug-likeness (QED) is 0.832. The van der Waals surface area contributed by atoms with Gasteiger partial charge < -0.3 is 15.5 Å². The molecular weight excluding hydrogens is 262 g/mol. The lowest BCUT2D eigenvalue weighted by atomic mass is 10.1. The number of nitrogens with one attached hydrogen (secondary N) is 2. The van der Waals surface area contributed by atoms with Gasteiger partial charge in [-0.25, -0.2) is 0 Å². The maximum Gasteiger partial charge on any atom is 0.251 e. The molecule has 21 heavy (non-hydrogen) atoms. The van der Waals surface area contributed by atoms with Gasteiger partial charge in [-0.3, -0.25) is 4.79 Å². The van der Waals surface area contributed by atoms with E-state index in [9.17, 15) is 4.79 Å². The molecule has 0 unspecified atom stereocenters. The average molecular weight is 287 g/mol. The summed E-state index contributed by atoms with van der Waals surface area (Å²) in [7, 11) is 0. The second-order valence-corrected chi connectivity index (χ2v) is 6.23. The smallest absolute Gasteiger partial charge is 0.251 e. The van der Waals surface area contributed by atoms with Crippen LogP contribution in [0.1, 0.15) is 42.6 Å². The Morgan fingerprint density at radius 2 is 2.29 bits per heavy atom. The summed E-state index contributed by atoms with van der Waals surface area (Å²) in [5.41, 5.74) is 3.43. The summed E-state index contributed by atoms with van der Waals surface area (Å²) in [4.78, 5) is 14.7. The maximum atomic E-state index is 12.2. The van der Waals surface area contributed by atoms with E-state index in [0.717, 1.165) is 44.5 Å². The topological polar surface area (TPSA) is 44.4 Å². The minimum atomic E-state index is 0.0532. The Morgan fingerprint density at radius 1 is 1.43 bits per heavy atom. The molecule has 0 bridgehead atoms. The molecule has 114 valence electrons. The van der Waals surface area contributed by atoms with Gasteiger partial charge >= 0.3 is 0 Å². The summed E-state index contributed by atoms with van der Waals surface area (Å²) in [5, 5.41) is 6.50. The van der Waals surface area contributed by atoms with Crippen molar-refractivity contribution >= 4 is 11.6 Å². The summed E-state index contributed by atoms with van der Waals surface area (Å²) < 4.78 is 0. The van der Waals surface area contributed by atoms with Gasteiger partial charge in [-0.15, -0.1) is 0 Å². The molecule has 0 radical (unpaired) electrons. The molecule has 4 nitrogen and oxygen atoms in total. The molecule has 2 aliphatic heterocycles. The lowest BCUT2D eigenvalue weighted by molar-refractivity contribution is 0.0953. The van der Waals surface area contributed by atoms with Crippen LogP contribution in [0, 0.1) is 0 Å². The molecule has 1 saturated heterocycles. The molecule has 1 amide bonds. The first-order valence-corrected chi connectivity index (χ1v) is 8.11. The molecule has 0 aromatic heterocycles. The largest absolute Gasteiger partial charge is 0.363 e. The van der Waals surface area contributed by atoms with Crippen molar-refractivity contribution in [2.24, 2.45) is 0 Å². The minimum absolute atomic E-state index is 0.0532. The van der Waals surface area contributed by atoms with Crippen molar-refractivity contribution in [3.63, 3.8) is 0 Å². The van der Waals surface area contributed by atoms with Gasteiger partial charge in [-0.1, -0.05) is 19.4 Å². The number of amides is 1. The lowest BCUT2D eigenvalue weighted by Gasteiger charge is -2.38. The summed E-state index contributed by atoms with van der Waals surface area (Å²) in [6, 6.07) is 7.22. The van der Waals surface area contributed by atoms with Gasteiger partial charge in [0.15, 0.2) is 0 Å². The van der Waals surface area contributed by atoms with Gasteiger partial charge in [0.1, 0.15) is 0 Å². The van der Waals surface area contributed by atoms with Crippen LogP contribution in [-0.2, 0) is 6.42 Å². The highest BCUT2D eigenvalue weighted by molar-refractivity contribution is 5.95. The zero-order valence-electron chi connectivity index (χ0n) is 13.0. The molecule has 2 N–H and O–H groups in total. The standard InChI is InChI=1S/C17H25N3O/c1-3-4-7-19-17(21)14-6-5-13-8-15-11-18-10-12(2)20(15)16(13)9-14/h5-6,9,12,15,18H,3-4,7-8,10-11H2,1-2H3,(H,19,21)/t12-,15-/m1/s1. The van der Waals surface area contributed by atoms with Gasteiger partial charge in [-0.05, 0) is 37.5 Å². The third-order valence-corrected chi connectivity index (χ3v) is 4.59. The van der Waals surface area contributed by atoms with Crippen LogP contribution in [0.25, 0.3) is 0 Å². The van der Waals surface area contributed by atoms with E-state index in [0.29, 0.717) is 12.1 Å². The number of fused-ring (bicyclic) bond motifs is 3. The van der Waals surface area contributed by atoms with E-state index in [1.54, 1.807) is 0 Å². The Hall–Kier alpha value is -1.55. The van der Waals surface area contributed by atoms with Gasteiger partial charge in [0.2, 0.25) is 0 Å². The summed E-state index contributed by atoms with van der Waals surface area (Å²) in [6.45, 7) is 7.20. The van der Waals surface area contributed by atoms with Crippen LogP contribution in [0.5, 0.6) is 0 Å². The van der Waals surface area contributed by atoms with Gasteiger partial charge in [0, 0.05) is 43.0 Å². The number of piperazine rings is 1. The second-order valence-electron chi connectivity index (χ2n) is 6.23. The van der Waals surface area contributed by atoms with Crippen LogP contribution in [0.15, 0.2) is 18.2 Å². The minimum Gasteiger partial charge on any atom is -0.363 e. The van der Waals surface area contributed by atoms with Crippen molar-refractivity contribution in [3.8, 4) is 0 Å². The van der Waals surface area contributed by atoms with Crippen LogP contribution < -0.4 is 15.5 Å². The van der Waals surface area contributed by atoms with Crippen LogP contribution in [0.4, 0.5) is 5.69 Å². The lowest BCUT2D eigenvalue weighted by Crippen LogP contribution is -2.54. The number of hydrogen-bond acceptors (Lipinski definition) is 3. The van der Waals surface area contributed by atoms with Crippen LogP contribution >= 0.6 is 0 Å². The molecule has 1 aromatic rings. The summed E-state index contributed by atoms with van der Waals surface area (Å²) in [6.07, 6.45) is 3.22. The first-order valence-electron chi connectivity index (χ1n) is 8.11. The predicted octanol–water partition coefficient (Wildman–Crippen LogP) is 1.94. The average Bonchev–Trinajstić information content (AvgIpc) is 2.86. The Labute approximate surface area is 126 Å². The monoisotopic (exact) mass is 287 g/mol. The normalized spacial score (nSPS) is 23.6. The third kappa shape index (κ3) is 2.77. The van der Waals surface area contributed by atoms with E-state index in [4.69, 9.17) is 0 Å². The number of nitrogens with zero attached hydrogens (tertiary/aromatic N) is 1. The van der Waals surface area contributed by atoms with Crippen molar-refractivity contribution in [3.05, 3.63) is 29.3 Å². The number of carbonyl (C=O) groups excluding carboxylic acids is 1. The van der Waals surface area contributed by atoms with E-state index in [1.807, 2.05) is 6.07 Å². The fraction of sp³-hybridized carbons (Fsp3) is 0.588. The molecule has 0 aliphatic carbocycles. The van der Waals surface area contributed by atoms with Gasteiger partial charge in [0.25, 0.3) is 5.91 Å². The molecule has 0 spiro atoms. The zero-order valence-corrected chi connectivity index (χ0v) is 13.0. The molecule has 1 aromatic carbocycles. The fourth-order valence-electron chi connectivity index (χ4n) is 3.47. The Balaban J connectivity index is 1.79. The molecular formula is C17H25N3O. The molecule has 2 aliphatic rings. The van der Waals surface area contributed by atoms with Crippen LogP contribution in [0.3, 0.4) is 0 Å². The molecule has 4 heteroatoms. The zero-order chi connectivity index (χ0) is 14.8. The predicted molar refractivity (Wildman–Crippen MR) is 86.0 cm³/mol. The number of rotatable bonds is 4. The molecule has 0 saturated carbocycles. The first kappa shape index (κ1) is 14.4. The number of anilines is 1. The fourth-order valence-corrected chi connectivity index (χ4v) is 3.47. The van der Waals surface area contributed by atoms with Crippen molar-refractivity contribution in [1.29, 1.82) is 0 Å². The third-order valence-electron chi connectivity index (χ3n) is 4.59. The van der Waals surface area contributed by atoms with Crippen molar-refractivity contribution in [1.82, 2.24) is 10.6 Å². The van der Waals surface area contributed by atoms with Crippen molar-refractivity contribution < 1.29 is 4.79 Å². The number of benzene rings is 1. The van der Waals surface area contributed by atoms with E-state index in [2.05, 4.69) is 41.5 Å². The van der Waals surface area contributed by atoms with E-state index >= 15 is 0 Å². The van der Waals surface area contributed by atoms with Crippen LogP contribution in [-0.4, -0.2) is 37.6 Å². The number of carbonyl (C=O) groups is 1. The van der Waals surface area contributed by atoms with Gasteiger partial charge in [0.05, 0.1) is 0 Å². The van der Waals surface area contributed by atoms with E-state index in [1.165, 1.54) is 11.3 Å². The molecule has 1 fully saturated rings. The molecule has 2 heterocycles. The number of unbranched alkanes of at least 4 members (excludes halogenated alkanes) is 1. The Kier molecular flexibility index (Phi) is 4.15. The molecule has 2 atom stereocenters. The summed E-state index contributed by atoms with van der Waals surface area (Å²) >= 11 is 0. The van der Waals surface area contributed by atoms with E-state index in [-0.39, 0.29) is 5.91 Å². The highest BCUT2D eigenvalue weighted by Gasteiger charge is 2.35. The highest BCUT2D eigenvalue weighted by Crippen LogP contribution is 2.35. The van der Waals surface area contributed by atoms with Crippen molar-refractivity contribution in [2.45, 2.75) is 45.2 Å². The summed E-state index contributed by atoms with van der Waals surface area (Å²) in [5.74, 6) is 0.0532. The van der Waals surface area contributed by atoms with Gasteiger partial charge in [-0.2, -0.15) is 0 Å². The number of hydrogen-bond donors (Lipinski definition) is 2. The van der Waals surface area contributed by atoms with Crippen molar-refractivity contribution in [2.75, 3.05) is 24.5 Å². The second kappa shape index (κ2) is 6.06. The SMILES string of the molecule is CCCCNC(=O)c1ccc2c(c1)N1[C@@H](CNC[C@H]1C)C2. The molecule has 3 rings (SSSR count).